The van der Waals surface area contributed by atoms with Crippen LogP contribution in [-0.4, -0.2) is 37.9 Å². The minimum absolute atomic E-state index is 0.114. The van der Waals surface area contributed by atoms with Crippen LogP contribution in [0.15, 0.2) is 36.4 Å². The lowest BCUT2D eigenvalue weighted by Gasteiger charge is -2.35. The summed E-state index contributed by atoms with van der Waals surface area (Å²) in [6, 6.07) is 8.32. The van der Waals surface area contributed by atoms with Gasteiger partial charge < -0.3 is 9.47 Å². The van der Waals surface area contributed by atoms with E-state index in [2.05, 4.69) is 9.97 Å². The molecule has 4 aromatic rings. The Morgan fingerprint density at radius 3 is 2.58 bits per heavy atom. The van der Waals surface area contributed by atoms with Crippen LogP contribution in [0.25, 0.3) is 21.5 Å². The lowest BCUT2D eigenvalue weighted by molar-refractivity contribution is 0.0605. The van der Waals surface area contributed by atoms with Crippen LogP contribution < -0.4 is 0 Å². The molecule has 9 heteroatoms. The molecule has 5 nitrogen and oxygen atoms in total. The number of imidazole rings is 1. The van der Waals surface area contributed by atoms with E-state index in [0.717, 1.165) is 53.0 Å². The van der Waals surface area contributed by atoms with Gasteiger partial charge in [0, 0.05) is 37.7 Å². The van der Waals surface area contributed by atoms with Crippen LogP contribution in [0.4, 0.5) is 13.2 Å². The number of thiazole rings is 1. The van der Waals surface area contributed by atoms with Gasteiger partial charge in [0.1, 0.15) is 17.3 Å². The first-order valence-corrected chi connectivity index (χ1v) is 13.1. The molecule has 5 rings (SSSR count). The third kappa shape index (κ3) is 4.64. The smallest absolute Gasteiger partial charge is 0.274 e. The zero-order valence-corrected chi connectivity index (χ0v) is 21.0. The molecular weight excluding hydrogens is 485 g/mol. The minimum Gasteiger partial charge on any atom is -0.334 e. The third-order valence-corrected chi connectivity index (χ3v) is 7.69. The first kappa shape index (κ1) is 24.5. The van der Waals surface area contributed by atoms with E-state index in [1.54, 1.807) is 12.1 Å². The number of aryl methyl sites for hydroxylation is 2. The molecule has 1 saturated heterocycles. The summed E-state index contributed by atoms with van der Waals surface area (Å²) in [4.78, 5) is 25.6. The van der Waals surface area contributed by atoms with E-state index in [1.807, 2.05) is 23.3 Å². The molecule has 0 bridgehead atoms. The number of rotatable bonds is 6. The van der Waals surface area contributed by atoms with Crippen molar-refractivity contribution >= 4 is 28.3 Å². The second-order valence-electron chi connectivity index (χ2n) is 9.20. The topological polar surface area (TPSA) is 51.0 Å². The number of carbonyl (C=O) groups is 1. The third-order valence-electron chi connectivity index (χ3n) is 6.67. The van der Waals surface area contributed by atoms with Crippen molar-refractivity contribution in [2.45, 2.75) is 58.5 Å². The van der Waals surface area contributed by atoms with Gasteiger partial charge in [0.25, 0.3) is 5.91 Å². The summed E-state index contributed by atoms with van der Waals surface area (Å²) in [6.07, 6.45) is 3.97. The number of hydrogen-bond donors (Lipinski definition) is 0. The lowest BCUT2D eigenvalue weighted by Crippen LogP contribution is -2.45. The number of nitrogens with zero attached hydrogens (tertiary/aromatic N) is 4. The van der Waals surface area contributed by atoms with Gasteiger partial charge >= 0.3 is 0 Å². The fraction of sp³-hybridized carbons (Fsp3) is 0.370. The number of fused-ring (bicyclic) bond motifs is 1. The summed E-state index contributed by atoms with van der Waals surface area (Å²) in [5, 5.41) is 0.764. The fourth-order valence-electron chi connectivity index (χ4n) is 4.99. The van der Waals surface area contributed by atoms with Crippen LogP contribution in [0.5, 0.6) is 0 Å². The van der Waals surface area contributed by atoms with Crippen molar-refractivity contribution in [1.29, 1.82) is 0 Å². The maximum Gasteiger partial charge on any atom is 0.274 e. The maximum absolute atomic E-state index is 14.0. The van der Waals surface area contributed by atoms with Gasteiger partial charge in [-0.05, 0) is 50.3 Å². The van der Waals surface area contributed by atoms with Gasteiger partial charge in [-0.15, -0.1) is 11.3 Å². The van der Waals surface area contributed by atoms with Gasteiger partial charge in [0.05, 0.1) is 20.9 Å². The standard InChI is InChI=1S/C27H27F3N4OS/c1-3-11-34-23-15-21(30)20(29)14-22(23)32-24(34)13-19-6-4-5-12-33(19)27(35)25-26(36-16(2)31-25)17-7-9-18(28)10-8-17/h7-10,14-15,19H,3-6,11-13H2,1-2H3. The van der Waals surface area contributed by atoms with Gasteiger partial charge in [-0.1, -0.05) is 19.1 Å². The Morgan fingerprint density at radius 1 is 1.08 bits per heavy atom. The monoisotopic (exact) mass is 512 g/mol. The highest BCUT2D eigenvalue weighted by Gasteiger charge is 2.32. The number of aromatic nitrogens is 3. The van der Waals surface area contributed by atoms with E-state index >= 15 is 0 Å². The summed E-state index contributed by atoms with van der Waals surface area (Å²) in [5.41, 5.74) is 2.11. The van der Waals surface area contributed by atoms with E-state index in [1.165, 1.54) is 29.5 Å². The molecule has 1 atom stereocenters. The predicted molar refractivity (Wildman–Crippen MR) is 135 cm³/mol. The van der Waals surface area contributed by atoms with E-state index in [-0.39, 0.29) is 17.8 Å². The lowest BCUT2D eigenvalue weighted by atomic mass is 9.98. The fourth-order valence-corrected chi connectivity index (χ4v) is 5.91. The number of carbonyl (C=O) groups excluding carboxylic acids is 1. The summed E-state index contributed by atoms with van der Waals surface area (Å²) in [5.74, 6) is -1.59. The van der Waals surface area contributed by atoms with Crippen LogP contribution in [0.1, 0.15) is 53.9 Å². The number of halogens is 3. The normalized spacial score (nSPS) is 16.1. The molecule has 1 unspecified atom stereocenters. The van der Waals surface area contributed by atoms with Gasteiger partial charge in [-0.25, -0.2) is 23.1 Å². The highest BCUT2D eigenvalue weighted by molar-refractivity contribution is 7.15. The predicted octanol–water partition coefficient (Wildman–Crippen LogP) is 6.53. The van der Waals surface area contributed by atoms with Gasteiger partial charge in [0.15, 0.2) is 11.6 Å². The van der Waals surface area contributed by atoms with E-state index < -0.39 is 11.6 Å². The van der Waals surface area contributed by atoms with Crippen LogP contribution in [0.2, 0.25) is 0 Å². The summed E-state index contributed by atoms with van der Waals surface area (Å²) >= 11 is 1.42. The second kappa shape index (κ2) is 10.0. The van der Waals surface area contributed by atoms with Crippen molar-refractivity contribution in [2.75, 3.05) is 6.54 Å². The molecule has 1 fully saturated rings. The summed E-state index contributed by atoms with van der Waals surface area (Å²) in [6.45, 7) is 5.10. The van der Waals surface area contributed by atoms with E-state index in [4.69, 9.17) is 0 Å². The molecule has 2 aromatic carbocycles. The number of piperidine rings is 1. The molecule has 3 heterocycles. The molecule has 1 aliphatic rings. The Kier molecular flexibility index (Phi) is 6.83. The SMILES string of the molecule is CCCn1c(CC2CCCCN2C(=O)c2nc(C)sc2-c2ccc(F)cc2)nc2cc(F)c(F)cc21. The largest absolute Gasteiger partial charge is 0.334 e. The molecule has 0 spiro atoms. The summed E-state index contributed by atoms with van der Waals surface area (Å²) in [7, 11) is 0. The Balaban J connectivity index is 1.48. The number of amides is 1. The first-order valence-electron chi connectivity index (χ1n) is 12.2. The molecule has 0 aliphatic carbocycles. The van der Waals surface area contributed by atoms with Gasteiger partial charge in [-0.3, -0.25) is 4.79 Å². The van der Waals surface area contributed by atoms with Crippen molar-refractivity contribution in [3.8, 4) is 10.4 Å². The van der Waals surface area contributed by atoms with Gasteiger partial charge in [-0.2, -0.15) is 0 Å². The molecule has 1 amide bonds. The molecule has 1 aliphatic heterocycles. The van der Waals surface area contributed by atoms with Crippen molar-refractivity contribution in [2.24, 2.45) is 0 Å². The Hall–Kier alpha value is -3.20. The quantitative estimate of drug-likeness (QED) is 0.295. The minimum atomic E-state index is -0.920. The molecule has 0 N–H and O–H groups in total. The van der Waals surface area contributed by atoms with E-state index in [0.29, 0.717) is 36.2 Å². The van der Waals surface area contributed by atoms with Crippen LogP contribution in [-0.2, 0) is 13.0 Å². The molecule has 0 saturated carbocycles. The molecule has 36 heavy (non-hydrogen) atoms. The highest BCUT2D eigenvalue weighted by atomic mass is 32.1. The average Bonchev–Trinajstić information content (AvgIpc) is 3.40. The Morgan fingerprint density at radius 2 is 1.83 bits per heavy atom. The van der Waals surface area contributed by atoms with Crippen LogP contribution in [0.3, 0.4) is 0 Å². The zero-order valence-electron chi connectivity index (χ0n) is 20.2. The average molecular weight is 513 g/mol. The maximum atomic E-state index is 14.0. The Labute approximate surface area is 211 Å². The van der Waals surface area contributed by atoms with Crippen molar-refractivity contribution in [3.63, 3.8) is 0 Å². The number of hydrogen-bond acceptors (Lipinski definition) is 4. The number of benzene rings is 2. The van der Waals surface area contributed by atoms with Gasteiger partial charge in [0.2, 0.25) is 0 Å². The van der Waals surface area contributed by atoms with Crippen molar-refractivity contribution in [3.05, 3.63) is 70.4 Å². The molecule has 0 radical (unpaired) electrons. The van der Waals surface area contributed by atoms with Crippen molar-refractivity contribution < 1.29 is 18.0 Å². The van der Waals surface area contributed by atoms with E-state index in [9.17, 15) is 18.0 Å². The van der Waals surface area contributed by atoms with Crippen LogP contribution in [0, 0.1) is 24.4 Å². The molecule has 2 aromatic heterocycles. The second-order valence-corrected chi connectivity index (χ2v) is 10.4. The highest BCUT2D eigenvalue weighted by Crippen LogP contribution is 2.33. The zero-order chi connectivity index (χ0) is 25.4. The molecule has 188 valence electrons. The number of likely N-dealkylation sites (tertiary alicyclic amines) is 1. The summed E-state index contributed by atoms with van der Waals surface area (Å²) < 4.78 is 43.3. The molecular formula is C27H27F3N4OS. The Bertz CT molecular complexity index is 1410. The van der Waals surface area contributed by atoms with Crippen LogP contribution >= 0.6 is 11.3 Å². The first-order chi connectivity index (χ1) is 17.4. The van der Waals surface area contributed by atoms with Crippen molar-refractivity contribution in [1.82, 2.24) is 19.4 Å².